The Morgan fingerprint density at radius 3 is 2.33 bits per heavy atom. The molecule has 0 bridgehead atoms. The van der Waals surface area contributed by atoms with E-state index in [9.17, 15) is 26.4 Å². The fourth-order valence-corrected chi connectivity index (χ4v) is 3.18. The Morgan fingerprint density at radius 1 is 1.19 bits per heavy atom. The summed E-state index contributed by atoms with van der Waals surface area (Å²) in [6, 6.07) is 9.05. The van der Waals surface area contributed by atoms with Crippen molar-refractivity contribution in [2.75, 3.05) is 7.11 Å². The normalized spacial score (nSPS) is 11.7. The van der Waals surface area contributed by atoms with Gasteiger partial charge in [0.1, 0.15) is 0 Å². The molecule has 0 aliphatic rings. The van der Waals surface area contributed by atoms with E-state index in [1.165, 1.54) is 25.3 Å². The van der Waals surface area contributed by atoms with Crippen molar-refractivity contribution in [1.29, 1.82) is 5.26 Å². The van der Waals surface area contributed by atoms with Crippen molar-refractivity contribution in [3.05, 3.63) is 64.7 Å². The van der Waals surface area contributed by atoms with E-state index in [0.717, 1.165) is 17.7 Å². The number of amides is 1. The molecule has 6 nitrogen and oxygen atoms in total. The predicted octanol–water partition coefficient (Wildman–Crippen LogP) is 2.84. The number of nitrogens with zero attached hydrogens (tertiary/aromatic N) is 1. The molecule has 0 aliphatic carbocycles. The Labute approximate surface area is 153 Å². The quantitative estimate of drug-likeness (QED) is 0.836. The fraction of sp³-hybridized carbons (Fsp3) is 0.176. The van der Waals surface area contributed by atoms with Crippen LogP contribution in [0.2, 0.25) is 0 Å². The van der Waals surface area contributed by atoms with Crippen LogP contribution in [0.15, 0.2) is 47.4 Å². The molecule has 1 N–H and O–H groups in total. The van der Waals surface area contributed by atoms with Gasteiger partial charge in [0.05, 0.1) is 28.7 Å². The molecule has 2 aromatic rings. The number of hydrogen-bond acceptors (Lipinski definition) is 5. The highest BCUT2D eigenvalue weighted by atomic mass is 32.2. The highest BCUT2D eigenvalue weighted by molar-refractivity contribution is 7.90. The van der Waals surface area contributed by atoms with Crippen LogP contribution in [-0.4, -0.2) is 21.4 Å². The molecule has 0 aromatic heterocycles. The van der Waals surface area contributed by atoms with Crippen molar-refractivity contribution in [3.8, 4) is 6.07 Å². The van der Waals surface area contributed by atoms with E-state index in [0.29, 0.717) is 12.7 Å². The molecule has 0 unspecified atom stereocenters. The van der Waals surface area contributed by atoms with Gasteiger partial charge in [0.25, 0.3) is 15.9 Å². The number of hydrogen-bond donors (Lipinski definition) is 1. The first kappa shape index (κ1) is 20.4. The van der Waals surface area contributed by atoms with Crippen LogP contribution < -0.4 is 4.72 Å². The zero-order valence-corrected chi connectivity index (χ0v) is 14.7. The van der Waals surface area contributed by atoms with Gasteiger partial charge >= 0.3 is 6.18 Å². The summed E-state index contributed by atoms with van der Waals surface area (Å²) in [6.07, 6.45) is -4.92. The Balaban J connectivity index is 2.31. The van der Waals surface area contributed by atoms with E-state index in [1.807, 2.05) is 0 Å². The van der Waals surface area contributed by atoms with Crippen LogP contribution in [0.4, 0.5) is 13.2 Å². The zero-order chi connectivity index (χ0) is 20.2. The van der Waals surface area contributed by atoms with E-state index in [2.05, 4.69) is 0 Å². The van der Waals surface area contributed by atoms with Gasteiger partial charge in [-0.05, 0) is 35.9 Å². The SMILES string of the molecule is COCc1ccc(C(=O)NS(=O)(=O)c2ccc(C#N)c(C(F)(F)F)c2)cc1. The summed E-state index contributed by atoms with van der Waals surface area (Å²) in [5, 5.41) is 8.75. The van der Waals surface area contributed by atoms with Crippen molar-refractivity contribution in [1.82, 2.24) is 4.72 Å². The third kappa shape index (κ3) is 4.84. The number of nitriles is 1. The topological polar surface area (TPSA) is 96.3 Å². The van der Waals surface area contributed by atoms with Gasteiger partial charge in [0, 0.05) is 12.7 Å². The number of halogens is 3. The number of carbonyl (C=O) groups excluding carboxylic acids is 1. The number of benzene rings is 2. The first-order valence-corrected chi connectivity index (χ1v) is 8.83. The Hall–Kier alpha value is -2.90. The number of ether oxygens (including phenoxy) is 1. The molecule has 142 valence electrons. The fourth-order valence-electron chi connectivity index (χ4n) is 2.18. The van der Waals surface area contributed by atoms with E-state index in [-0.39, 0.29) is 5.56 Å². The minimum Gasteiger partial charge on any atom is -0.380 e. The summed E-state index contributed by atoms with van der Waals surface area (Å²) in [5.41, 5.74) is -1.37. The molecular weight excluding hydrogens is 385 g/mol. The van der Waals surface area contributed by atoms with E-state index < -0.39 is 38.1 Å². The summed E-state index contributed by atoms with van der Waals surface area (Å²) in [7, 11) is -3.08. The number of nitrogens with one attached hydrogen (secondary N) is 1. The number of methoxy groups -OCH3 is 1. The van der Waals surface area contributed by atoms with Crippen LogP contribution in [0.25, 0.3) is 0 Å². The van der Waals surface area contributed by atoms with Crippen molar-refractivity contribution in [2.24, 2.45) is 0 Å². The molecule has 10 heteroatoms. The molecule has 1 amide bonds. The lowest BCUT2D eigenvalue weighted by molar-refractivity contribution is -0.137. The molecule has 0 fully saturated rings. The second-order valence-electron chi connectivity index (χ2n) is 5.38. The van der Waals surface area contributed by atoms with Crippen LogP contribution in [0.5, 0.6) is 0 Å². The van der Waals surface area contributed by atoms with Gasteiger partial charge in [-0.15, -0.1) is 0 Å². The molecule has 2 rings (SSSR count). The predicted molar refractivity (Wildman–Crippen MR) is 88.0 cm³/mol. The molecule has 0 saturated heterocycles. The van der Waals surface area contributed by atoms with Crippen LogP contribution >= 0.6 is 0 Å². The Morgan fingerprint density at radius 2 is 1.81 bits per heavy atom. The zero-order valence-electron chi connectivity index (χ0n) is 13.9. The lowest BCUT2D eigenvalue weighted by Crippen LogP contribution is -2.30. The minimum atomic E-state index is -4.92. The van der Waals surface area contributed by atoms with Gasteiger partial charge < -0.3 is 4.74 Å². The molecule has 0 radical (unpaired) electrons. The summed E-state index contributed by atoms with van der Waals surface area (Å²) in [6.45, 7) is 0.297. The Bertz CT molecular complexity index is 994. The third-order valence-corrected chi connectivity index (χ3v) is 4.81. The first-order valence-electron chi connectivity index (χ1n) is 7.35. The molecule has 0 saturated carbocycles. The second-order valence-corrected chi connectivity index (χ2v) is 7.06. The monoisotopic (exact) mass is 398 g/mol. The van der Waals surface area contributed by atoms with Gasteiger partial charge in [0.2, 0.25) is 0 Å². The summed E-state index contributed by atoms with van der Waals surface area (Å²) in [5.74, 6) is -1.00. The molecule has 0 atom stereocenters. The van der Waals surface area contributed by atoms with Gasteiger partial charge in [-0.3, -0.25) is 4.79 Å². The molecule has 0 aliphatic heterocycles. The first-order chi connectivity index (χ1) is 12.6. The van der Waals surface area contributed by atoms with Crippen LogP contribution in [-0.2, 0) is 27.5 Å². The van der Waals surface area contributed by atoms with E-state index in [1.54, 1.807) is 16.9 Å². The van der Waals surface area contributed by atoms with E-state index >= 15 is 0 Å². The average Bonchev–Trinajstić information content (AvgIpc) is 2.61. The average molecular weight is 398 g/mol. The smallest absolute Gasteiger partial charge is 0.380 e. The van der Waals surface area contributed by atoms with Crippen molar-refractivity contribution in [2.45, 2.75) is 17.7 Å². The number of carbonyl (C=O) groups is 1. The minimum absolute atomic E-state index is 0.00289. The highest BCUT2D eigenvalue weighted by Crippen LogP contribution is 2.33. The van der Waals surface area contributed by atoms with Crippen molar-refractivity contribution < 1.29 is 31.1 Å². The van der Waals surface area contributed by atoms with Crippen LogP contribution in [0.3, 0.4) is 0 Å². The molecule has 0 heterocycles. The van der Waals surface area contributed by atoms with Gasteiger partial charge in [0.15, 0.2) is 0 Å². The summed E-state index contributed by atoms with van der Waals surface area (Å²) < 4.78 is 70.1. The lowest BCUT2D eigenvalue weighted by atomic mass is 10.1. The maximum absolute atomic E-state index is 13.0. The van der Waals surface area contributed by atoms with Crippen LogP contribution in [0.1, 0.15) is 27.0 Å². The van der Waals surface area contributed by atoms with Crippen LogP contribution in [0, 0.1) is 11.3 Å². The maximum atomic E-state index is 13.0. The summed E-state index contributed by atoms with van der Waals surface area (Å²) >= 11 is 0. The van der Waals surface area contributed by atoms with Crippen molar-refractivity contribution >= 4 is 15.9 Å². The third-order valence-electron chi connectivity index (χ3n) is 3.48. The standard InChI is InChI=1S/C17H13F3N2O4S/c1-26-10-11-2-4-12(5-3-11)16(23)22-27(24,25)14-7-6-13(9-21)15(8-14)17(18,19)20/h2-8H,10H2,1H3,(H,22,23). The number of rotatable bonds is 5. The van der Waals surface area contributed by atoms with Gasteiger partial charge in [-0.2, -0.15) is 18.4 Å². The highest BCUT2D eigenvalue weighted by Gasteiger charge is 2.35. The largest absolute Gasteiger partial charge is 0.417 e. The lowest BCUT2D eigenvalue weighted by Gasteiger charge is -2.12. The molecule has 27 heavy (non-hydrogen) atoms. The van der Waals surface area contributed by atoms with Gasteiger partial charge in [-0.25, -0.2) is 13.1 Å². The number of sulfonamides is 1. The van der Waals surface area contributed by atoms with Crippen molar-refractivity contribution in [3.63, 3.8) is 0 Å². The molecule has 2 aromatic carbocycles. The molecule has 0 spiro atoms. The molecular formula is C17H13F3N2O4S. The Kier molecular flexibility index (Phi) is 5.88. The summed E-state index contributed by atoms with van der Waals surface area (Å²) in [4.78, 5) is 11.3. The van der Waals surface area contributed by atoms with Gasteiger partial charge in [-0.1, -0.05) is 12.1 Å². The van der Waals surface area contributed by atoms with E-state index in [4.69, 9.17) is 10.00 Å². The maximum Gasteiger partial charge on any atom is 0.417 e. The number of alkyl halides is 3. The second kappa shape index (κ2) is 7.77.